The van der Waals surface area contributed by atoms with E-state index in [0.717, 1.165) is 19.6 Å². The summed E-state index contributed by atoms with van der Waals surface area (Å²) in [6, 6.07) is 1.22. The Morgan fingerprint density at radius 3 is 2.00 bits per heavy atom. The van der Waals surface area contributed by atoms with Gasteiger partial charge < -0.3 is 5.32 Å². The predicted octanol–water partition coefficient (Wildman–Crippen LogP) is 3.13. The van der Waals surface area contributed by atoms with Crippen LogP contribution in [0.3, 0.4) is 0 Å². The van der Waals surface area contributed by atoms with Gasteiger partial charge >= 0.3 is 0 Å². The van der Waals surface area contributed by atoms with Gasteiger partial charge in [-0.3, -0.25) is 4.90 Å². The highest BCUT2D eigenvalue weighted by Crippen LogP contribution is 2.20. The summed E-state index contributed by atoms with van der Waals surface area (Å²) in [5.41, 5.74) is 0.331. The van der Waals surface area contributed by atoms with E-state index in [1.54, 1.807) is 0 Å². The topological polar surface area (TPSA) is 15.3 Å². The first-order valence-electron chi connectivity index (χ1n) is 6.80. The van der Waals surface area contributed by atoms with Gasteiger partial charge in [-0.1, -0.05) is 34.6 Å². The summed E-state index contributed by atoms with van der Waals surface area (Å²) in [6.07, 6.45) is 1.21. The van der Waals surface area contributed by atoms with Gasteiger partial charge in [0, 0.05) is 18.6 Å². The number of nitrogens with zero attached hydrogens (tertiary/aromatic N) is 1. The Morgan fingerprint density at radius 1 is 1.12 bits per heavy atom. The molecule has 0 bridgehead atoms. The van der Waals surface area contributed by atoms with Crippen LogP contribution in [-0.2, 0) is 0 Å². The summed E-state index contributed by atoms with van der Waals surface area (Å²) in [5.74, 6) is 0. The molecule has 0 spiro atoms. The molecule has 0 heterocycles. The second-order valence-corrected chi connectivity index (χ2v) is 6.05. The van der Waals surface area contributed by atoms with Crippen LogP contribution in [-0.4, -0.2) is 36.6 Å². The molecular weight excluding hydrogens is 196 g/mol. The minimum absolute atomic E-state index is 0.331. The van der Waals surface area contributed by atoms with Gasteiger partial charge in [-0.05, 0) is 38.8 Å². The molecule has 2 heteroatoms. The van der Waals surface area contributed by atoms with Crippen LogP contribution in [0.4, 0.5) is 0 Å². The van der Waals surface area contributed by atoms with Crippen LogP contribution in [0, 0.1) is 5.41 Å². The maximum atomic E-state index is 3.69. The number of rotatable bonds is 7. The second-order valence-electron chi connectivity index (χ2n) is 6.05. The quantitative estimate of drug-likeness (QED) is 0.720. The number of hydrogen-bond acceptors (Lipinski definition) is 2. The fourth-order valence-electron chi connectivity index (χ4n) is 1.90. The Bertz CT molecular complexity index is 170. The van der Waals surface area contributed by atoms with E-state index in [-0.39, 0.29) is 0 Å². The molecule has 1 N–H and O–H groups in total. The Morgan fingerprint density at radius 2 is 1.69 bits per heavy atom. The highest BCUT2D eigenvalue weighted by molar-refractivity contribution is 4.84. The van der Waals surface area contributed by atoms with Gasteiger partial charge in [0.1, 0.15) is 0 Å². The van der Waals surface area contributed by atoms with Gasteiger partial charge in [0.15, 0.2) is 0 Å². The zero-order valence-corrected chi connectivity index (χ0v) is 12.4. The summed E-state index contributed by atoms with van der Waals surface area (Å²) < 4.78 is 0. The second kappa shape index (κ2) is 7.29. The molecule has 0 radical (unpaired) electrons. The van der Waals surface area contributed by atoms with Crippen LogP contribution in [0.5, 0.6) is 0 Å². The minimum Gasteiger partial charge on any atom is -0.312 e. The van der Waals surface area contributed by atoms with Crippen LogP contribution in [0.1, 0.15) is 54.9 Å². The van der Waals surface area contributed by atoms with Gasteiger partial charge in [0.25, 0.3) is 0 Å². The number of likely N-dealkylation sites (N-methyl/N-ethyl adjacent to an activating group) is 1. The van der Waals surface area contributed by atoms with Crippen LogP contribution in [0.15, 0.2) is 0 Å². The van der Waals surface area contributed by atoms with Crippen molar-refractivity contribution in [1.29, 1.82) is 0 Å². The van der Waals surface area contributed by atoms with E-state index in [2.05, 4.69) is 58.7 Å². The summed E-state index contributed by atoms with van der Waals surface area (Å²) in [6.45, 7) is 19.4. The summed E-state index contributed by atoms with van der Waals surface area (Å²) in [5, 5.41) is 3.69. The fraction of sp³-hybridized carbons (Fsp3) is 1.00. The summed E-state index contributed by atoms with van der Waals surface area (Å²) in [7, 11) is 0. The van der Waals surface area contributed by atoms with Crippen molar-refractivity contribution in [2.24, 2.45) is 5.41 Å². The SMILES string of the molecule is CCCNC(CN(CC)C(C)C)C(C)(C)C. The van der Waals surface area contributed by atoms with E-state index >= 15 is 0 Å². The monoisotopic (exact) mass is 228 g/mol. The molecule has 1 atom stereocenters. The van der Waals surface area contributed by atoms with Crippen LogP contribution in [0.25, 0.3) is 0 Å². The largest absolute Gasteiger partial charge is 0.312 e. The van der Waals surface area contributed by atoms with Crippen LogP contribution < -0.4 is 5.32 Å². The smallest absolute Gasteiger partial charge is 0.0243 e. The third-order valence-corrected chi connectivity index (χ3v) is 3.24. The van der Waals surface area contributed by atoms with E-state index in [4.69, 9.17) is 0 Å². The molecule has 0 aliphatic rings. The van der Waals surface area contributed by atoms with Gasteiger partial charge in [-0.2, -0.15) is 0 Å². The molecule has 0 aromatic heterocycles. The standard InChI is InChI=1S/C14H32N2/c1-8-10-15-13(14(5,6)7)11-16(9-2)12(3)4/h12-13,15H,8-11H2,1-7H3. The summed E-state index contributed by atoms with van der Waals surface area (Å²) in [4.78, 5) is 2.54. The lowest BCUT2D eigenvalue weighted by atomic mass is 9.86. The van der Waals surface area contributed by atoms with E-state index in [1.807, 2.05) is 0 Å². The molecule has 0 aliphatic heterocycles. The molecule has 2 nitrogen and oxygen atoms in total. The van der Waals surface area contributed by atoms with Crippen molar-refractivity contribution in [3.8, 4) is 0 Å². The Balaban J connectivity index is 4.40. The molecule has 0 aromatic rings. The highest BCUT2D eigenvalue weighted by atomic mass is 15.2. The molecule has 0 saturated carbocycles. The average molecular weight is 228 g/mol. The maximum absolute atomic E-state index is 3.69. The van der Waals surface area contributed by atoms with E-state index in [1.165, 1.54) is 6.42 Å². The van der Waals surface area contributed by atoms with Crippen LogP contribution in [0.2, 0.25) is 0 Å². The van der Waals surface area contributed by atoms with Gasteiger partial charge in [0.05, 0.1) is 0 Å². The average Bonchev–Trinajstić information content (AvgIpc) is 2.15. The first-order valence-corrected chi connectivity index (χ1v) is 6.80. The molecule has 0 amide bonds. The van der Waals surface area contributed by atoms with Crippen molar-refractivity contribution >= 4 is 0 Å². The molecule has 0 fully saturated rings. The zero-order chi connectivity index (χ0) is 12.8. The first kappa shape index (κ1) is 15.9. The molecule has 16 heavy (non-hydrogen) atoms. The molecule has 0 aliphatic carbocycles. The Hall–Kier alpha value is -0.0800. The summed E-state index contributed by atoms with van der Waals surface area (Å²) >= 11 is 0. The van der Waals surface area contributed by atoms with Gasteiger partial charge in [-0.15, -0.1) is 0 Å². The third-order valence-electron chi connectivity index (χ3n) is 3.24. The van der Waals surface area contributed by atoms with Crippen molar-refractivity contribution in [2.45, 2.75) is 67.0 Å². The maximum Gasteiger partial charge on any atom is 0.0243 e. The Labute approximate surface area is 103 Å². The normalized spacial score (nSPS) is 14.8. The van der Waals surface area contributed by atoms with Gasteiger partial charge in [-0.25, -0.2) is 0 Å². The predicted molar refractivity (Wildman–Crippen MR) is 73.9 cm³/mol. The molecule has 1 unspecified atom stereocenters. The van der Waals surface area contributed by atoms with Crippen molar-refractivity contribution in [2.75, 3.05) is 19.6 Å². The van der Waals surface area contributed by atoms with Crippen molar-refractivity contribution in [3.05, 3.63) is 0 Å². The lowest BCUT2D eigenvalue weighted by Crippen LogP contribution is -2.50. The highest BCUT2D eigenvalue weighted by Gasteiger charge is 2.26. The van der Waals surface area contributed by atoms with E-state index in [0.29, 0.717) is 17.5 Å². The van der Waals surface area contributed by atoms with Crippen molar-refractivity contribution in [3.63, 3.8) is 0 Å². The van der Waals surface area contributed by atoms with Gasteiger partial charge in [0.2, 0.25) is 0 Å². The lowest BCUT2D eigenvalue weighted by molar-refractivity contribution is 0.152. The molecule has 0 saturated heterocycles. The molecule has 0 aromatic carbocycles. The number of hydrogen-bond donors (Lipinski definition) is 1. The van der Waals surface area contributed by atoms with Crippen molar-refractivity contribution in [1.82, 2.24) is 10.2 Å². The first-order chi connectivity index (χ1) is 7.32. The minimum atomic E-state index is 0.331. The zero-order valence-electron chi connectivity index (χ0n) is 12.4. The van der Waals surface area contributed by atoms with E-state index < -0.39 is 0 Å². The fourth-order valence-corrected chi connectivity index (χ4v) is 1.90. The lowest BCUT2D eigenvalue weighted by Gasteiger charge is -2.37. The van der Waals surface area contributed by atoms with E-state index in [9.17, 15) is 0 Å². The Kier molecular flexibility index (Phi) is 7.25. The molecule has 0 rings (SSSR count). The number of nitrogens with one attached hydrogen (secondary N) is 1. The molecule has 98 valence electrons. The molecular formula is C14H32N2. The van der Waals surface area contributed by atoms with Crippen LogP contribution >= 0.6 is 0 Å². The van der Waals surface area contributed by atoms with Crippen molar-refractivity contribution < 1.29 is 0 Å². The third kappa shape index (κ3) is 5.86.